The van der Waals surface area contributed by atoms with Crippen LogP contribution in [0.3, 0.4) is 0 Å². The van der Waals surface area contributed by atoms with Crippen molar-refractivity contribution in [3.63, 3.8) is 0 Å². The first-order valence-corrected chi connectivity index (χ1v) is 7.01. The zero-order valence-corrected chi connectivity index (χ0v) is 11.2. The summed E-state index contributed by atoms with van der Waals surface area (Å²) in [4.78, 5) is 19.4. The van der Waals surface area contributed by atoms with E-state index in [1.807, 2.05) is 35.2 Å². The van der Waals surface area contributed by atoms with Gasteiger partial charge < -0.3 is 19.9 Å². The monoisotopic (exact) mass is 263 g/mol. The number of hydrogen-bond donors (Lipinski definition) is 2. The highest BCUT2D eigenvalue weighted by Gasteiger charge is 2.40. The van der Waals surface area contributed by atoms with Gasteiger partial charge in [0.2, 0.25) is 0 Å². The summed E-state index contributed by atoms with van der Waals surface area (Å²) in [5, 5.41) is 9.57. The van der Waals surface area contributed by atoms with Crippen molar-refractivity contribution in [2.45, 2.75) is 43.9 Å². The molecule has 1 saturated heterocycles. The smallest absolute Gasteiger partial charge is 0.320 e. The first-order chi connectivity index (χ1) is 9.16. The van der Waals surface area contributed by atoms with Gasteiger partial charge in [-0.25, -0.2) is 4.79 Å². The molecule has 5 heteroatoms. The lowest BCUT2D eigenvalue weighted by Crippen LogP contribution is -2.41. The average Bonchev–Trinajstić information content (AvgIpc) is 3.02. The van der Waals surface area contributed by atoms with Crippen molar-refractivity contribution in [2.75, 3.05) is 13.6 Å². The van der Waals surface area contributed by atoms with Crippen LogP contribution in [0.25, 0.3) is 0 Å². The van der Waals surface area contributed by atoms with E-state index < -0.39 is 0 Å². The van der Waals surface area contributed by atoms with Gasteiger partial charge >= 0.3 is 6.03 Å². The fourth-order valence-electron chi connectivity index (χ4n) is 3.26. The number of hydrogen-bond acceptors (Lipinski definition) is 2. The minimum absolute atomic E-state index is 0.112. The van der Waals surface area contributed by atoms with Gasteiger partial charge in [0.15, 0.2) is 0 Å². The molecule has 19 heavy (non-hydrogen) atoms. The number of urea groups is 1. The van der Waals surface area contributed by atoms with E-state index in [1.165, 1.54) is 0 Å². The van der Waals surface area contributed by atoms with Crippen LogP contribution in [0.5, 0.6) is 0 Å². The van der Waals surface area contributed by atoms with E-state index in [0.29, 0.717) is 6.04 Å². The molecule has 5 nitrogen and oxygen atoms in total. The normalized spacial score (nSPS) is 32.1. The molecule has 1 unspecified atom stereocenters. The van der Waals surface area contributed by atoms with Crippen molar-refractivity contribution in [3.05, 3.63) is 24.0 Å². The van der Waals surface area contributed by atoms with Gasteiger partial charge in [-0.2, -0.15) is 0 Å². The molecular formula is C14H21N3O2. The maximum Gasteiger partial charge on any atom is 0.320 e. The number of aromatic nitrogens is 1. The van der Waals surface area contributed by atoms with E-state index in [-0.39, 0.29) is 18.2 Å². The molecule has 2 N–H and O–H groups in total. The molecule has 2 aliphatic rings. The summed E-state index contributed by atoms with van der Waals surface area (Å²) in [5.41, 5.74) is 1.09. The third-order valence-electron chi connectivity index (χ3n) is 4.47. The van der Waals surface area contributed by atoms with E-state index in [2.05, 4.69) is 4.98 Å². The highest BCUT2D eigenvalue weighted by Crippen LogP contribution is 2.32. The molecule has 2 heterocycles. The number of aromatic amines is 1. The summed E-state index contributed by atoms with van der Waals surface area (Å²) in [6.07, 6.45) is 5.17. The average molecular weight is 263 g/mol. The van der Waals surface area contributed by atoms with E-state index in [0.717, 1.165) is 37.9 Å². The molecule has 2 fully saturated rings. The van der Waals surface area contributed by atoms with E-state index in [9.17, 15) is 9.90 Å². The number of carbonyl (C=O) groups excluding carboxylic acids is 1. The fourth-order valence-corrected chi connectivity index (χ4v) is 3.26. The van der Waals surface area contributed by atoms with Crippen molar-refractivity contribution < 1.29 is 9.90 Å². The second kappa shape index (κ2) is 4.89. The molecule has 104 valence electrons. The topological polar surface area (TPSA) is 59.6 Å². The van der Waals surface area contributed by atoms with Gasteiger partial charge in [0.05, 0.1) is 12.1 Å². The largest absolute Gasteiger partial charge is 0.393 e. The molecule has 1 saturated carbocycles. The molecule has 0 aromatic carbocycles. The number of H-pyrrole nitrogens is 1. The zero-order valence-electron chi connectivity index (χ0n) is 11.2. The van der Waals surface area contributed by atoms with Crippen LogP contribution in [0.4, 0.5) is 4.79 Å². The molecular weight excluding hydrogens is 242 g/mol. The Labute approximate surface area is 113 Å². The molecule has 1 aromatic heterocycles. The van der Waals surface area contributed by atoms with Crippen LogP contribution < -0.4 is 0 Å². The SMILES string of the molecule is CN1C(=O)N(C2CCC(O)CC2)CC1c1ccc[nH]1. The number of aliphatic hydroxyl groups excluding tert-OH is 1. The Bertz CT molecular complexity index is 438. The third-order valence-corrected chi connectivity index (χ3v) is 4.47. The predicted octanol–water partition coefficient (Wildman–Crippen LogP) is 1.73. The van der Waals surface area contributed by atoms with Gasteiger partial charge in [-0.15, -0.1) is 0 Å². The molecule has 0 radical (unpaired) electrons. The van der Waals surface area contributed by atoms with Crippen LogP contribution in [0.15, 0.2) is 18.3 Å². The molecule has 0 spiro atoms. The number of likely N-dealkylation sites (N-methyl/N-ethyl adjacent to an activating group) is 1. The maximum absolute atomic E-state index is 12.4. The lowest BCUT2D eigenvalue weighted by atomic mass is 9.92. The predicted molar refractivity (Wildman–Crippen MR) is 71.7 cm³/mol. The maximum atomic E-state index is 12.4. The van der Waals surface area contributed by atoms with Gasteiger partial charge in [-0.05, 0) is 37.8 Å². The Morgan fingerprint density at radius 2 is 2.05 bits per heavy atom. The second-order valence-electron chi connectivity index (χ2n) is 5.65. The number of amides is 2. The Morgan fingerprint density at radius 3 is 2.68 bits per heavy atom. The van der Waals surface area contributed by atoms with Crippen molar-refractivity contribution in [3.8, 4) is 0 Å². The molecule has 1 aliphatic heterocycles. The van der Waals surface area contributed by atoms with E-state index in [4.69, 9.17) is 0 Å². The number of nitrogens with zero attached hydrogens (tertiary/aromatic N) is 2. The number of carbonyl (C=O) groups is 1. The fraction of sp³-hybridized carbons (Fsp3) is 0.643. The summed E-state index contributed by atoms with van der Waals surface area (Å²) in [7, 11) is 1.87. The van der Waals surface area contributed by atoms with Gasteiger partial charge in [-0.3, -0.25) is 0 Å². The quantitative estimate of drug-likeness (QED) is 0.853. The Balaban J connectivity index is 1.72. The van der Waals surface area contributed by atoms with Crippen molar-refractivity contribution >= 4 is 6.03 Å². The summed E-state index contributed by atoms with van der Waals surface area (Å²) >= 11 is 0. The van der Waals surface area contributed by atoms with Crippen molar-refractivity contribution in [2.24, 2.45) is 0 Å². The second-order valence-corrected chi connectivity index (χ2v) is 5.65. The minimum atomic E-state index is -0.175. The summed E-state index contributed by atoms with van der Waals surface area (Å²) < 4.78 is 0. The molecule has 3 rings (SSSR count). The molecule has 0 bridgehead atoms. The highest BCUT2D eigenvalue weighted by atomic mass is 16.3. The van der Waals surface area contributed by atoms with Crippen LogP contribution in [-0.2, 0) is 0 Å². The van der Waals surface area contributed by atoms with Crippen LogP contribution in [-0.4, -0.2) is 51.7 Å². The lowest BCUT2D eigenvalue weighted by Gasteiger charge is -2.32. The number of aliphatic hydroxyl groups is 1. The van der Waals surface area contributed by atoms with E-state index >= 15 is 0 Å². The Morgan fingerprint density at radius 1 is 1.32 bits per heavy atom. The van der Waals surface area contributed by atoms with Gasteiger partial charge in [0.1, 0.15) is 0 Å². The Hall–Kier alpha value is -1.49. The molecule has 2 amide bonds. The van der Waals surface area contributed by atoms with Gasteiger partial charge in [0, 0.05) is 31.5 Å². The standard InChI is InChI=1S/C14H21N3O2/c1-16-13(12-3-2-8-15-12)9-17(14(16)19)10-4-6-11(18)7-5-10/h2-3,8,10-11,13,15,18H,4-7,9H2,1H3. The first-order valence-electron chi connectivity index (χ1n) is 7.01. The molecule has 1 aromatic rings. The molecule has 1 aliphatic carbocycles. The molecule has 1 atom stereocenters. The zero-order chi connectivity index (χ0) is 13.4. The summed E-state index contributed by atoms with van der Waals surface area (Å²) in [5.74, 6) is 0. The van der Waals surface area contributed by atoms with Crippen molar-refractivity contribution in [1.82, 2.24) is 14.8 Å². The van der Waals surface area contributed by atoms with Crippen LogP contribution >= 0.6 is 0 Å². The number of rotatable bonds is 2. The first kappa shape index (κ1) is 12.5. The number of nitrogens with one attached hydrogen (secondary N) is 1. The lowest BCUT2D eigenvalue weighted by molar-refractivity contribution is 0.0897. The minimum Gasteiger partial charge on any atom is -0.393 e. The summed E-state index contributed by atoms with van der Waals surface area (Å²) in [6.45, 7) is 0.747. The summed E-state index contributed by atoms with van der Waals surface area (Å²) in [6, 6.07) is 4.52. The van der Waals surface area contributed by atoms with Gasteiger partial charge in [0.25, 0.3) is 0 Å². The van der Waals surface area contributed by atoms with Crippen LogP contribution in [0, 0.1) is 0 Å². The van der Waals surface area contributed by atoms with Crippen LogP contribution in [0.1, 0.15) is 37.4 Å². The van der Waals surface area contributed by atoms with Gasteiger partial charge in [-0.1, -0.05) is 0 Å². The van der Waals surface area contributed by atoms with E-state index in [1.54, 1.807) is 0 Å². The highest BCUT2D eigenvalue weighted by molar-refractivity contribution is 5.77. The Kier molecular flexibility index (Phi) is 3.22. The third kappa shape index (κ3) is 2.23. The van der Waals surface area contributed by atoms with Crippen LogP contribution in [0.2, 0.25) is 0 Å². The van der Waals surface area contributed by atoms with Crippen molar-refractivity contribution in [1.29, 1.82) is 0 Å².